The number of unbranched alkanes of at least 4 members (excludes halogenated alkanes) is 1. The maximum absolute atomic E-state index is 13.2. The largest absolute Gasteiger partial charge is 0.307 e. The van der Waals surface area contributed by atoms with Gasteiger partial charge in [0.2, 0.25) is 0 Å². The Morgan fingerprint density at radius 3 is 2.56 bits per heavy atom. The van der Waals surface area contributed by atoms with Crippen LogP contribution in [0.3, 0.4) is 0 Å². The summed E-state index contributed by atoms with van der Waals surface area (Å²) < 4.78 is 13.2. The Bertz CT molecular complexity index is 338. The highest BCUT2D eigenvalue weighted by atomic mass is 19.1. The van der Waals surface area contributed by atoms with Crippen LogP contribution in [-0.4, -0.2) is 6.04 Å². The van der Waals surface area contributed by atoms with Crippen LogP contribution >= 0.6 is 0 Å². The molecule has 0 aliphatic rings. The van der Waals surface area contributed by atoms with Crippen LogP contribution < -0.4 is 5.32 Å². The van der Waals surface area contributed by atoms with Crippen molar-refractivity contribution in [2.24, 2.45) is 0 Å². The second kappa shape index (κ2) is 8.25. The van der Waals surface area contributed by atoms with E-state index < -0.39 is 0 Å². The summed E-state index contributed by atoms with van der Waals surface area (Å²) in [6.07, 6.45) is 6.09. The highest BCUT2D eigenvalue weighted by Gasteiger charge is 2.12. The Hall–Kier alpha value is -0.890. The van der Waals surface area contributed by atoms with Gasteiger partial charge in [0.05, 0.1) is 0 Å². The van der Waals surface area contributed by atoms with E-state index >= 15 is 0 Å². The minimum atomic E-state index is -0.151. The third kappa shape index (κ3) is 5.18. The molecule has 0 radical (unpaired) electrons. The minimum absolute atomic E-state index is 0.151. The average molecular weight is 251 g/mol. The molecular formula is C16H26FN. The summed E-state index contributed by atoms with van der Waals surface area (Å²) in [6, 6.07) is 7.66. The van der Waals surface area contributed by atoms with Gasteiger partial charge in [-0.3, -0.25) is 0 Å². The first-order chi connectivity index (χ1) is 8.67. The van der Waals surface area contributed by atoms with E-state index in [2.05, 4.69) is 26.1 Å². The summed E-state index contributed by atoms with van der Waals surface area (Å²) in [7, 11) is 0. The molecule has 0 amide bonds. The Kier molecular flexibility index (Phi) is 6.96. The lowest BCUT2D eigenvalue weighted by molar-refractivity contribution is 0.395. The molecular weight excluding hydrogens is 225 g/mol. The number of rotatable bonds is 8. The van der Waals surface area contributed by atoms with Gasteiger partial charge in [0.25, 0.3) is 0 Å². The SMILES string of the molecule is CCCCC(CCC)NC(C)c1cccc(F)c1. The number of hydrogen-bond acceptors (Lipinski definition) is 1. The first-order valence-electron chi connectivity index (χ1n) is 7.18. The Morgan fingerprint density at radius 1 is 1.17 bits per heavy atom. The first-order valence-corrected chi connectivity index (χ1v) is 7.18. The fourth-order valence-electron chi connectivity index (χ4n) is 2.34. The van der Waals surface area contributed by atoms with Gasteiger partial charge in [-0.05, 0) is 37.5 Å². The molecule has 0 saturated carbocycles. The molecule has 0 aliphatic heterocycles. The molecule has 102 valence electrons. The molecule has 1 nitrogen and oxygen atoms in total. The van der Waals surface area contributed by atoms with Gasteiger partial charge in [-0.1, -0.05) is 45.2 Å². The predicted octanol–water partition coefficient (Wildman–Crippen LogP) is 4.84. The van der Waals surface area contributed by atoms with E-state index in [0.717, 1.165) is 5.56 Å². The van der Waals surface area contributed by atoms with Gasteiger partial charge < -0.3 is 5.32 Å². The lowest BCUT2D eigenvalue weighted by Gasteiger charge is -2.23. The molecule has 0 saturated heterocycles. The van der Waals surface area contributed by atoms with Crippen LogP contribution in [0.5, 0.6) is 0 Å². The van der Waals surface area contributed by atoms with Crippen LogP contribution in [-0.2, 0) is 0 Å². The standard InChI is InChI=1S/C16H26FN/c1-4-6-11-16(8-5-2)18-13(3)14-9-7-10-15(17)12-14/h7,9-10,12-13,16,18H,4-6,8,11H2,1-3H3. The maximum atomic E-state index is 13.2. The van der Waals surface area contributed by atoms with Crippen LogP contribution in [0.4, 0.5) is 4.39 Å². The van der Waals surface area contributed by atoms with Crippen molar-refractivity contribution in [3.05, 3.63) is 35.6 Å². The van der Waals surface area contributed by atoms with E-state index in [-0.39, 0.29) is 11.9 Å². The van der Waals surface area contributed by atoms with E-state index in [1.165, 1.54) is 38.2 Å². The molecule has 0 heterocycles. The summed E-state index contributed by atoms with van der Waals surface area (Å²) in [5.74, 6) is -0.151. The van der Waals surface area contributed by atoms with Crippen molar-refractivity contribution in [3.8, 4) is 0 Å². The van der Waals surface area contributed by atoms with E-state index in [1.54, 1.807) is 12.1 Å². The maximum Gasteiger partial charge on any atom is 0.123 e. The van der Waals surface area contributed by atoms with Crippen molar-refractivity contribution in [3.63, 3.8) is 0 Å². The molecule has 0 aromatic heterocycles. The summed E-state index contributed by atoms with van der Waals surface area (Å²) in [5, 5.41) is 3.63. The lowest BCUT2D eigenvalue weighted by atomic mass is 10.0. The van der Waals surface area contributed by atoms with Crippen molar-refractivity contribution in [1.82, 2.24) is 5.32 Å². The van der Waals surface area contributed by atoms with Gasteiger partial charge in [0.1, 0.15) is 5.82 Å². The molecule has 1 aromatic carbocycles. The topological polar surface area (TPSA) is 12.0 Å². The summed E-state index contributed by atoms with van der Waals surface area (Å²) >= 11 is 0. The molecule has 2 atom stereocenters. The Morgan fingerprint density at radius 2 is 1.94 bits per heavy atom. The minimum Gasteiger partial charge on any atom is -0.307 e. The van der Waals surface area contributed by atoms with Crippen LogP contribution in [0.15, 0.2) is 24.3 Å². The van der Waals surface area contributed by atoms with Gasteiger partial charge in [0, 0.05) is 12.1 Å². The molecule has 2 unspecified atom stereocenters. The molecule has 1 rings (SSSR count). The molecule has 18 heavy (non-hydrogen) atoms. The molecule has 0 spiro atoms. The van der Waals surface area contributed by atoms with Crippen molar-refractivity contribution in [1.29, 1.82) is 0 Å². The highest BCUT2D eigenvalue weighted by molar-refractivity contribution is 5.19. The van der Waals surface area contributed by atoms with Crippen LogP contribution in [0.1, 0.15) is 64.5 Å². The second-order valence-corrected chi connectivity index (χ2v) is 5.07. The monoisotopic (exact) mass is 251 g/mol. The van der Waals surface area contributed by atoms with Gasteiger partial charge in [-0.15, -0.1) is 0 Å². The zero-order valence-corrected chi connectivity index (χ0v) is 11.9. The first kappa shape index (κ1) is 15.2. The summed E-state index contributed by atoms with van der Waals surface area (Å²) in [4.78, 5) is 0. The number of halogens is 1. The van der Waals surface area contributed by atoms with Crippen molar-refractivity contribution < 1.29 is 4.39 Å². The Balaban J connectivity index is 2.56. The number of benzene rings is 1. The number of hydrogen-bond donors (Lipinski definition) is 1. The van der Waals surface area contributed by atoms with Crippen LogP contribution in [0.2, 0.25) is 0 Å². The molecule has 0 bridgehead atoms. The smallest absolute Gasteiger partial charge is 0.123 e. The van der Waals surface area contributed by atoms with Gasteiger partial charge in [-0.25, -0.2) is 4.39 Å². The fraction of sp³-hybridized carbons (Fsp3) is 0.625. The molecule has 2 heteroatoms. The molecule has 1 N–H and O–H groups in total. The van der Waals surface area contributed by atoms with E-state index in [9.17, 15) is 4.39 Å². The van der Waals surface area contributed by atoms with Gasteiger partial charge in [-0.2, -0.15) is 0 Å². The predicted molar refractivity (Wildman–Crippen MR) is 76.2 cm³/mol. The fourth-order valence-corrected chi connectivity index (χ4v) is 2.34. The third-order valence-electron chi connectivity index (χ3n) is 3.38. The average Bonchev–Trinajstić information content (AvgIpc) is 2.36. The normalized spacial score (nSPS) is 14.4. The summed E-state index contributed by atoms with van der Waals surface area (Å²) in [5.41, 5.74) is 1.03. The van der Waals surface area contributed by atoms with E-state index in [1.807, 2.05) is 6.07 Å². The number of nitrogens with one attached hydrogen (secondary N) is 1. The van der Waals surface area contributed by atoms with Crippen molar-refractivity contribution in [2.75, 3.05) is 0 Å². The molecule has 0 fully saturated rings. The van der Waals surface area contributed by atoms with Crippen molar-refractivity contribution in [2.45, 2.75) is 65.0 Å². The quantitative estimate of drug-likeness (QED) is 0.697. The zero-order valence-electron chi connectivity index (χ0n) is 11.9. The van der Waals surface area contributed by atoms with Crippen LogP contribution in [0.25, 0.3) is 0 Å². The van der Waals surface area contributed by atoms with Gasteiger partial charge in [0.15, 0.2) is 0 Å². The molecule has 1 aromatic rings. The third-order valence-corrected chi connectivity index (χ3v) is 3.38. The van der Waals surface area contributed by atoms with Crippen LogP contribution in [0, 0.1) is 5.82 Å². The summed E-state index contributed by atoms with van der Waals surface area (Å²) in [6.45, 7) is 6.55. The Labute approximate surface area is 111 Å². The van der Waals surface area contributed by atoms with Crippen molar-refractivity contribution >= 4 is 0 Å². The lowest BCUT2D eigenvalue weighted by Crippen LogP contribution is -2.31. The molecule has 0 aliphatic carbocycles. The van der Waals surface area contributed by atoms with E-state index in [4.69, 9.17) is 0 Å². The second-order valence-electron chi connectivity index (χ2n) is 5.07. The van der Waals surface area contributed by atoms with E-state index in [0.29, 0.717) is 6.04 Å². The highest BCUT2D eigenvalue weighted by Crippen LogP contribution is 2.17. The van der Waals surface area contributed by atoms with Gasteiger partial charge >= 0.3 is 0 Å². The zero-order chi connectivity index (χ0) is 13.4.